The largest absolute Gasteiger partial charge is 0.371 e. The van der Waals surface area contributed by atoms with Gasteiger partial charge in [-0.15, -0.1) is 0 Å². The Labute approximate surface area is 125 Å². The van der Waals surface area contributed by atoms with E-state index in [1.165, 1.54) is 0 Å². The second-order valence-corrected chi connectivity index (χ2v) is 5.34. The average molecular weight is 300 g/mol. The Hall–Kier alpha value is -0.650. The zero-order chi connectivity index (χ0) is 14.4. The van der Waals surface area contributed by atoms with Crippen molar-refractivity contribution in [3.63, 3.8) is 0 Å². The normalized spacial score (nSPS) is 20.5. The molecule has 0 amide bonds. The summed E-state index contributed by atoms with van der Waals surface area (Å²) in [4.78, 5) is 2.38. The number of ether oxygens (including phenoxy) is 3. The SMILES string of the molecule is COC(CCN1CCOC(c2cccc(Cl)c2)C1)OC. The predicted molar refractivity (Wildman–Crippen MR) is 79.0 cm³/mol. The highest BCUT2D eigenvalue weighted by Gasteiger charge is 2.22. The Bertz CT molecular complexity index is 412. The summed E-state index contributed by atoms with van der Waals surface area (Å²) in [5.74, 6) is 0. The molecule has 1 unspecified atom stereocenters. The molecule has 0 saturated carbocycles. The molecule has 1 aliphatic heterocycles. The smallest absolute Gasteiger partial charge is 0.158 e. The Morgan fingerprint density at radius 2 is 2.20 bits per heavy atom. The van der Waals surface area contributed by atoms with E-state index in [2.05, 4.69) is 11.0 Å². The molecule has 0 spiro atoms. The summed E-state index contributed by atoms with van der Waals surface area (Å²) in [6.45, 7) is 3.49. The lowest BCUT2D eigenvalue weighted by atomic mass is 10.1. The molecule has 5 heteroatoms. The fourth-order valence-electron chi connectivity index (χ4n) is 2.43. The van der Waals surface area contributed by atoms with Gasteiger partial charge in [0.25, 0.3) is 0 Å². The van der Waals surface area contributed by atoms with Crippen molar-refractivity contribution in [2.75, 3.05) is 40.5 Å². The number of morpholine rings is 1. The Morgan fingerprint density at radius 3 is 2.90 bits per heavy atom. The first-order chi connectivity index (χ1) is 9.72. The maximum atomic E-state index is 6.04. The van der Waals surface area contributed by atoms with Gasteiger partial charge in [-0.05, 0) is 17.7 Å². The summed E-state index contributed by atoms with van der Waals surface area (Å²) in [7, 11) is 3.34. The molecule has 4 nitrogen and oxygen atoms in total. The highest BCUT2D eigenvalue weighted by atomic mass is 35.5. The van der Waals surface area contributed by atoms with Crippen LogP contribution in [0.25, 0.3) is 0 Å². The molecule has 1 saturated heterocycles. The molecule has 20 heavy (non-hydrogen) atoms. The first-order valence-electron chi connectivity index (χ1n) is 6.88. The molecule has 0 radical (unpaired) electrons. The maximum absolute atomic E-state index is 6.04. The molecule has 1 aliphatic rings. The number of hydrogen-bond donors (Lipinski definition) is 0. The summed E-state index contributed by atoms with van der Waals surface area (Å²) in [6, 6.07) is 7.88. The minimum atomic E-state index is -0.137. The molecule has 2 rings (SSSR count). The summed E-state index contributed by atoms with van der Waals surface area (Å²) in [5.41, 5.74) is 1.14. The van der Waals surface area contributed by atoms with E-state index in [1.807, 2.05) is 18.2 Å². The summed E-state index contributed by atoms with van der Waals surface area (Å²) >= 11 is 6.04. The van der Waals surface area contributed by atoms with Crippen LogP contribution in [0.15, 0.2) is 24.3 Å². The van der Waals surface area contributed by atoms with Crippen LogP contribution in [0, 0.1) is 0 Å². The van der Waals surface area contributed by atoms with Crippen molar-refractivity contribution < 1.29 is 14.2 Å². The van der Waals surface area contributed by atoms with Gasteiger partial charge in [0.15, 0.2) is 6.29 Å². The van der Waals surface area contributed by atoms with E-state index >= 15 is 0 Å². The maximum Gasteiger partial charge on any atom is 0.158 e. The third-order valence-electron chi connectivity index (χ3n) is 3.58. The molecule has 0 N–H and O–H groups in total. The summed E-state index contributed by atoms with van der Waals surface area (Å²) < 4.78 is 16.3. The van der Waals surface area contributed by atoms with E-state index in [0.29, 0.717) is 0 Å². The molecule has 0 aliphatic carbocycles. The second kappa shape index (κ2) is 7.96. The lowest BCUT2D eigenvalue weighted by Crippen LogP contribution is -2.40. The third kappa shape index (κ3) is 4.43. The number of benzene rings is 1. The van der Waals surface area contributed by atoms with Gasteiger partial charge in [0.2, 0.25) is 0 Å². The number of rotatable bonds is 6. The van der Waals surface area contributed by atoms with Crippen molar-refractivity contribution in [3.05, 3.63) is 34.9 Å². The van der Waals surface area contributed by atoms with Crippen molar-refractivity contribution in [1.29, 1.82) is 0 Å². The minimum Gasteiger partial charge on any atom is -0.371 e. The summed E-state index contributed by atoms with van der Waals surface area (Å²) in [5, 5.41) is 0.752. The molecule has 0 bridgehead atoms. The minimum absolute atomic E-state index is 0.0889. The fourth-order valence-corrected chi connectivity index (χ4v) is 2.63. The zero-order valence-electron chi connectivity index (χ0n) is 12.0. The number of methoxy groups -OCH3 is 2. The van der Waals surface area contributed by atoms with Crippen molar-refractivity contribution >= 4 is 11.6 Å². The topological polar surface area (TPSA) is 30.9 Å². The van der Waals surface area contributed by atoms with Crippen LogP contribution in [0.4, 0.5) is 0 Å². The van der Waals surface area contributed by atoms with Crippen LogP contribution in [0.2, 0.25) is 5.02 Å². The van der Waals surface area contributed by atoms with E-state index < -0.39 is 0 Å². The van der Waals surface area contributed by atoms with Crippen LogP contribution in [-0.4, -0.2) is 51.7 Å². The van der Waals surface area contributed by atoms with E-state index in [9.17, 15) is 0 Å². The van der Waals surface area contributed by atoms with Crippen LogP contribution < -0.4 is 0 Å². The van der Waals surface area contributed by atoms with Gasteiger partial charge in [-0.25, -0.2) is 0 Å². The van der Waals surface area contributed by atoms with Gasteiger partial charge in [-0.2, -0.15) is 0 Å². The van der Waals surface area contributed by atoms with Gasteiger partial charge in [0.1, 0.15) is 0 Å². The number of halogens is 1. The van der Waals surface area contributed by atoms with Gasteiger partial charge in [0.05, 0.1) is 12.7 Å². The van der Waals surface area contributed by atoms with Crippen LogP contribution in [0.1, 0.15) is 18.1 Å². The van der Waals surface area contributed by atoms with Crippen molar-refractivity contribution in [2.45, 2.75) is 18.8 Å². The Balaban J connectivity index is 1.88. The van der Waals surface area contributed by atoms with Crippen LogP contribution >= 0.6 is 11.6 Å². The predicted octanol–water partition coefficient (Wildman–Crippen LogP) is 2.72. The number of hydrogen-bond acceptors (Lipinski definition) is 4. The second-order valence-electron chi connectivity index (χ2n) is 4.90. The molecular weight excluding hydrogens is 278 g/mol. The molecule has 1 aromatic rings. The first kappa shape index (κ1) is 15.7. The lowest BCUT2D eigenvalue weighted by Gasteiger charge is -2.33. The monoisotopic (exact) mass is 299 g/mol. The average Bonchev–Trinajstić information content (AvgIpc) is 2.49. The van der Waals surface area contributed by atoms with Crippen LogP contribution in [0.5, 0.6) is 0 Å². The Kier molecular flexibility index (Phi) is 6.26. The highest BCUT2D eigenvalue weighted by molar-refractivity contribution is 6.30. The molecule has 112 valence electrons. The fraction of sp³-hybridized carbons (Fsp3) is 0.600. The Morgan fingerprint density at radius 1 is 1.40 bits per heavy atom. The van der Waals surface area contributed by atoms with Crippen molar-refractivity contribution in [2.24, 2.45) is 0 Å². The van der Waals surface area contributed by atoms with E-state index in [0.717, 1.165) is 43.2 Å². The molecule has 1 fully saturated rings. The highest BCUT2D eigenvalue weighted by Crippen LogP contribution is 2.24. The van der Waals surface area contributed by atoms with E-state index in [-0.39, 0.29) is 12.4 Å². The molecular formula is C15H22ClNO3. The number of nitrogens with zero attached hydrogens (tertiary/aromatic N) is 1. The first-order valence-corrected chi connectivity index (χ1v) is 7.25. The third-order valence-corrected chi connectivity index (χ3v) is 3.81. The van der Waals surface area contributed by atoms with E-state index in [1.54, 1.807) is 14.2 Å². The van der Waals surface area contributed by atoms with Crippen molar-refractivity contribution in [3.8, 4) is 0 Å². The van der Waals surface area contributed by atoms with Crippen molar-refractivity contribution in [1.82, 2.24) is 4.90 Å². The zero-order valence-corrected chi connectivity index (χ0v) is 12.8. The lowest BCUT2D eigenvalue weighted by molar-refractivity contribution is -0.114. The molecule has 0 aromatic heterocycles. The van der Waals surface area contributed by atoms with Gasteiger partial charge in [-0.3, -0.25) is 4.90 Å². The van der Waals surface area contributed by atoms with Crippen LogP contribution in [-0.2, 0) is 14.2 Å². The van der Waals surface area contributed by atoms with E-state index in [4.69, 9.17) is 25.8 Å². The van der Waals surface area contributed by atoms with Gasteiger partial charge in [-0.1, -0.05) is 23.7 Å². The molecule has 1 atom stereocenters. The standard InChI is InChI=1S/C15H22ClNO3/c1-18-15(19-2)6-7-17-8-9-20-14(11-17)12-4-3-5-13(16)10-12/h3-5,10,14-15H,6-9,11H2,1-2H3. The molecule has 1 aromatic carbocycles. The van der Waals surface area contributed by atoms with Gasteiger partial charge >= 0.3 is 0 Å². The molecule has 1 heterocycles. The summed E-state index contributed by atoms with van der Waals surface area (Å²) in [6.07, 6.45) is 0.809. The van der Waals surface area contributed by atoms with Gasteiger partial charge in [0, 0.05) is 45.3 Å². The van der Waals surface area contributed by atoms with Gasteiger partial charge < -0.3 is 14.2 Å². The van der Waals surface area contributed by atoms with Crippen LogP contribution in [0.3, 0.4) is 0 Å². The quantitative estimate of drug-likeness (QED) is 0.756.